The third kappa shape index (κ3) is 4.37. The molecule has 0 heterocycles. The van der Waals surface area contributed by atoms with Crippen molar-refractivity contribution in [3.05, 3.63) is 58.1 Å². The zero-order valence-corrected chi connectivity index (χ0v) is 13.8. The first kappa shape index (κ1) is 16.1. The van der Waals surface area contributed by atoms with Gasteiger partial charge in [0.1, 0.15) is 0 Å². The SMILES string of the molecule is CCS(=O)(=O)c1ccc(NCc2cc(Cl)cc(Cl)c2)cc1. The van der Waals surface area contributed by atoms with Gasteiger partial charge < -0.3 is 5.32 Å². The van der Waals surface area contributed by atoms with E-state index in [2.05, 4.69) is 5.32 Å². The number of hydrogen-bond acceptors (Lipinski definition) is 3. The molecule has 0 aromatic heterocycles. The minimum absolute atomic E-state index is 0.0980. The summed E-state index contributed by atoms with van der Waals surface area (Å²) in [5.41, 5.74) is 1.79. The highest BCUT2D eigenvalue weighted by molar-refractivity contribution is 7.91. The Balaban J connectivity index is 2.07. The normalized spacial score (nSPS) is 11.4. The lowest BCUT2D eigenvalue weighted by molar-refractivity contribution is 0.597. The van der Waals surface area contributed by atoms with Crippen molar-refractivity contribution in [1.29, 1.82) is 0 Å². The van der Waals surface area contributed by atoms with Gasteiger partial charge in [-0.15, -0.1) is 0 Å². The van der Waals surface area contributed by atoms with Crippen molar-refractivity contribution in [3.63, 3.8) is 0 Å². The predicted octanol–water partition coefficient (Wildman–Crippen LogP) is 4.40. The Kier molecular flexibility index (Phi) is 5.14. The van der Waals surface area contributed by atoms with Gasteiger partial charge in [-0.2, -0.15) is 0 Å². The van der Waals surface area contributed by atoms with E-state index in [9.17, 15) is 8.42 Å². The topological polar surface area (TPSA) is 46.2 Å². The van der Waals surface area contributed by atoms with Crippen LogP contribution >= 0.6 is 23.2 Å². The fraction of sp³-hybridized carbons (Fsp3) is 0.200. The monoisotopic (exact) mass is 343 g/mol. The lowest BCUT2D eigenvalue weighted by Crippen LogP contribution is -2.04. The molecule has 0 fully saturated rings. The molecule has 0 saturated carbocycles. The minimum atomic E-state index is -3.16. The summed E-state index contributed by atoms with van der Waals surface area (Å²) in [6.07, 6.45) is 0. The Hall–Kier alpha value is -1.23. The van der Waals surface area contributed by atoms with Crippen molar-refractivity contribution in [2.45, 2.75) is 18.4 Å². The summed E-state index contributed by atoms with van der Waals surface area (Å²) in [6.45, 7) is 2.19. The molecule has 6 heteroatoms. The van der Waals surface area contributed by atoms with Gasteiger partial charge in [-0.25, -0.2) is 8.42 Å². The standard InChI is InChI=1S/C15H15Cl2NO2S/c1-2-21(19,20)15-5-3-14(4-6-15)18-10-11-7-12(16)9-13(17)8-11/h3-9,18H,2,10H2,1H3. The highest BCUT2D eigenvalue weighted by atomic mass is 35.5. The molecule has 3 nitrogen and oxygen atoms in total. The fourth-order valence-electron chi connectivity index (χ4n) is 1.86. The first-order valence-corrected chi connectivity index (χ1v) is 8.83. The summed E-state index contributed by atoms with van der Waals surface area (Å²) in [7, 11) is -3.16. The lowest BCUT2D eigenvalue weighted by atomic mass is 10.2. The van der Waals surface area contributed by atoms with Gasteiger partial charge in [-0.05, 0) is 48.0 Å². The maximum absolute atomic E-state index is 11.7. The number of sulfone groups is 1. The number of benzene rings is 2. The molecule has 0 aliphatic carbocycles. The van der Waals surface area contributed by atoms with E-state index in [1.807, 2.05) is 12.1 Å². The Labute approximate surface area is 134 Å². The number of anilines is 1. The summed E-state index contributed by atoms with van der Waals surface area (Å²) in [5, 5.41) is 4.37. The molecular weight excluding hydrogens is 329 g/mol. The van der Waals surface area contributed by atoms with Crippen LogP contribution in [0.25, 0.3) is 0 Å². The van der Waals surface area contributed by atoms with Crippen LogP contribution < -0.4 is 5.32 Å². The van der Waals surface area contributed by atoms with Crippen LogP contribution in [0.3, 0.4) is 0 Å². The average Bonchev–Trinajstić information content (AvgIpc) is 2.44. The first-order valence-electron chi connectivity index (χ1n) is 6.42. The Morgan fingerprint density at radius 3 is 2.10 bits per heavy atom. The van der Waals surface area contributed by atoms with E-state index in [-0.39, 0.29) is 5.75 Å². The van der Waals surface area contributed by atoms with Gasteiger partial charge in [0.2, 0.25) is 0 Å². The molecule has 0 saturated heterocycles. The van der Waals surface area contributed by atoms with Crippen molar-refractivity contribution in [2.24, 2.45) is 0 Å². The van der Waals surface area contributed by atoms with Crippen LogP contribution in [0.1, 0.15) is 12.5 Å². The van der Waals surface area contributed by atoms with Crippen LogP contribution in [0.4, 0.5) is 5.69 Å². The zero-order chi connectivity index (χ0) is 15.5. The summed E-state index contributed by atoms with van der Waals surface area (Å²) < 4.78 is 23.4. The molecule has 0 atom stereocenters. The summed E-state index contributed by atoms with van der Waals surface area (Å²) in [6, 6.07) is 12.0. The first-order chi connectivity index (χ1) is 9.90. The molecule has 0 aliphatic rings. The molecule has 0 unspecified atom stereocenters. The van der Waals surface area contributed by atoms with Crippen LogP contribution in [0, 0.1) is 0 Å². The molecule has 0 bridgehead atoms. The third-order valence-corrected chi connectivity index (χ3v) is 5.20. The molecule has 2 aromatic carbocycles. The van der Waals surface area contributed by atoms with Gasteiger partial charge in [0.25, 0.3) is 0 Å². The maximum atomic E-state index is 11.7. The van der Waals surface area contributed by atoms with E-state index in [0.29, 0.717) is 21.5 Å². The van der Waals surface area contributed by atoms with Crippen LogP contribution in [0.5, 0.6) is 0 Å². The van der Waals surface area contributed by atoms with E-state index in [1.54, 1.807) is 37.3 Å². The summed E-state index contributed by atoms with van der Waals surface area (Å²) in [4.78, 5) is 0.335. The van der Waals surface area contributed by atoms with Crippen LogP contribution in [-0.2, 0) is 16.4 Å². The lowest BCUT2D eigenvalue weighted by Gasteiger charge is -2.08. The van der Waals surface area contributed by atoms with Crippen LogP contribution in [0.2, 0.25) is 10.0 Å². The van der Waals surface area contributed by atoms with Crippen molar-refractivity contribution < 1.29 is 8.42 Å². The van der Waals surface area contributed by atoms with Gasteiger partial charge in [0.15, 0.2) is 9.84 Å². The van der Waals surface area contributed by atoms with Gasteiger partial charge in [0, 0.05) is 22.3 Å². The number of halogens is 2. The molecule has 21 heavy (non-hydrogen) atoms. The maximum Gasteiger partial charge on any atom is 0.178 e. The van der Waals surface area contributed by atoms with Crippen LogP contribution in [-0.4, -0.2) is 14.2 Å². The highest BCUT2D eigenvalue weighted by Crippen LogP contribution is 2.20. The predicted molar refractivity (Wildman–Crippen MR) is 88.0 cm³/mol. The molecule has 0 aliphatic heterocycles. The molecular formula is C15H15Cl2NO2S. The largest absolute Gasteiger partial charge is 0.381 e. The molecule has 2 aromatic rings. The number of hydrogen-bond donors (Lipinski definition) is 1. The van der Waals surface area contributed by atoms with Gasteiger partial charge in [0.05, 0.1) is 10.6 Å². The number of rotatable bonds is 5. The fourth-order valence-corrected chi connectivity index (χ4v) is 3.32. The average molecular weight is 344 g/mol. The minimum Gasteiger partial charge on any atom is -0.381 e. The molecule has 0 amide bonds. The quantitative estimate of drug-likeness (QED) is 0.875. The molecule has 0 radical (unpaired) electrons. The van der Waals surface area contributed by atoms with Gasteiger partial charge in [-0.3, -0.25) is 0 Å². The van der Waals surface area contributed by atoms with Crippen molar-refractivity contribution >= 4 is 38.7 Å². The molecule has 1 N–H and O–H groups in total. The van der Waals surface area contributed by atoms with E-state index in [4.69, 9.17) is 23.2 Å². The molecule has 112 valence electrons. The van der Waals surface area contributed by atoms with Crippen molar-refractivity contribution in [1.82, 2.24) is 0 Å². The summed E-state index contributed by atoms with van der Waals surface area (Å²) in [5.74, 6) is 0.0980. The Morgan fingerprint density at radius 1 is 1.00 bits per heavy atom. The van der Waals surface area contributed by atoms with Gasteiger partial charge in [-0.1, -0.05) is 30.1 Å². The molecule has 2 rings (SSSR count). The van der Waals surface area contributed by atoms with Crippen LogP contribution in [0.15, 0.2) is 47.4 Å². The summed E-state index contributed by atoms with van der Waals surface area (Å²) >= 11 is 11.9. The Bertz CT molecular complexity index is 708. The second-order valence-electron chi connectivity index (χ2n) is 4.56. The van der Waals surface area contributed by atoms with E-state index in [0.717, 1.165) is 11.3 Å². The Morgan fingerprint density at radius 2 is 1.57 bits per heavy atom. The second kappa shape index (κ2) is 6.69. The second-order valence-corrected chi connectivity index (χ2v) is 7.71. The van der Waals surface area contributed by atoms with E-state index >= 15 is 0 Å². The smallest absolute Gasteiger partial charge is 0.178 e. The number of nitrogens with one attached hydrogen (secondary N) is 1. The van der Waals surface area contributed by atoms with E-state index < -0.39 is 9.84 Å². The third-order valence-electron chi connectivity index (χ3n) is 3.01. The van der Waals surface area contributed by atoms with Crippen molar-refractivity contribution in [2.75, 3.05) is 11.1 Å². The van der Waals surface area contributed by atoms with Crippen molar-refractivity contribution in [3.8, 4) is 0 Å². The molecule has 0 spiro atoms. The van der Waals surface area contributed by atoms with Gasteiger partial charge >= 0.3 is 0 Å². The highest BCUT2D eigenvalue weighted by Gasteiger charge is 2.10. The zero-order valence-electron chi connectivity index (χ0n) is 11.4. The van der Waals surface area contributed by atoms with E-state index in [1.165, 1.54) is 0 Å².